The number of nitrogens with zero attached hydrogens (tertiary/aromatic N) is 3. The summed E-state index contributed by atoms with van der Waals surface area (Å²) in [6, 6.07) is 7.43. The lowest BCUT2D eigenvalue weighted by Gasteiger charge is -2.05. The smallest absolute Gasteiger partial charge is 0.132 e. The first-order chi connectivity index (χ1) is 8.38. The number of nitriles is 1. The van der Waals surface area contributed by atoms with Crippen molar-refractivity contribution in [1.82, 2.24) is 9.97 Å². The molecule has 0 unspecified atom stereocenters. The van der Waals surface area contributed by atoms with Gasteiger partial charge < -0.3 is 15.1 Å². The average Bonchev–Trinajstić information content (AvgIpc) is 2.87. The summed E-state index contributed by atoms with van der Waals surface area (Å²) in [4.78, 5) is 8.05. The van der Waals surface area contributed by atoms with Gasteiger partial charge in [-0.15, -0.1) is 0 Å². The maximum Gasteiger partial charge on any atom is 0.132 e. The highest BCUT2D eigenvalue weighted by Crippen LogP contribution is 2.10. The van der Waals surface area contributed by atoms with E-state index in [1.54, 1.807) is 12.3 Å². The van der Waals surface area contributed by atoms with Crippen LogP contribution in [0.4, 0.5) is 11.6 Å². The number of nitrogens with one attached hydrogen (secondary N) is 2. The van der Waals surface area contributed by atoms with E-state index in [0.717, 1.165) is 5.76 Å². The van der Waals surface area contributed by atoms with E-state index in [2.05, 4.69) is 20.6 Å². The van der Waals surface area contributed by atoms with Crippen molar-refractivity contribution in [2.45, 2.75) is 6.54 Å². The molecule has 0 saturated heterocycles. The van der Waals surface area contributed by atoms with Gasteiger partial charge in [0.25, 0.3) is 0 Å². The van der Waals surface area contributed by atoms with E-state index in [0.29, 0.717) is 18.2 Å². The molecule has 17 heavy (non-hydrogen) atoms. The van der Waals surface area contributed by atoms with Crippen LogP contribution in [0.15, 0.2) is 35.2 Å². The van der Waals surface area contributed by atoms with Crippen LogP contribution in [0.2, 0.25) is 0 Å². The van der Waals surface area contributed by atoms with Crippen molar-refractivity contribution in [2.75, 3.05) is 17.2 Å². The zero-order valence-corrected chi connectivity index (χ0v) is 9.05. The van der Waals surface area contributed by atoms with E-state index in [1.807, 2.05) is 18.2 Å². The van der Waals surface area contributed by atoms with Gasteiger partial charge in [-0.25, -0.2) is 9.97 Å². The Morgan fingerprint density at radius 2 is 2.12 bits per heavy atom. The Kier molecular flexibility index (Phi) is 3.55. The molecule has 0 aliphatic rings. The molecule has 0 amide bonds. The van der Waals surface area contributed by atoms with Crippen molar-refractivity contribution >= 4 is 11.6 Å². The number of furan rings is 1. The predicted molar refractivity (Wildman–Crippen MR) is 62.2 cm³/mol. The second-order valence-corrected chi connectivity index (χ2v) is 3.23. The fourth-order valence-electron chi connectivity index (χ4n) is 1.27. The molecule has 86 valence electrons. The molecule has 0 radical (unpaired) electrons. The van der Waals surface area contributed by atoms with Gasteiger partial charge in [0.1, 0.15) is 30.3 Å². The molecule has 0 aliphatic carbocycles. The zero-order valence-electron chi connectivity index (χ0n) is 9.05. The highest BCUT2D eigenvalue weighted by molar-refractivity contribution is 5.46. The normalized spacial score (nSPS) is 9.59. The zero-order chi connectivity index (χ0) is 11.9. The second-order valence-electron chi connectivity index (χ2n) is 3.23. The summed E-state index contributed by atoms with van der Waals surface area (Å²) >= 11 is 0. The van der Waals surface area contributed by atoms with Crippen LogP contribution in [-0.2, 0) is 6.54 Å². The second kappa shape index (κ2) is 5.51. The summed E-state index contributed by atoms with van der Waals surface area (Å²) in [5.74, 6) is 2.12. The van der Waals surface area contributed by atoms with Gasteiger partial charge in [-0.05, 0) is 12.1 Å². The van der Waals surface area contributed by atoms with Gasteiger partial charge in [0.15, 0.2) is 0 Å². The molecule has 6 nitrogen and oxygen atoms in total. The molecule has 0 atom stereocenters. The predicted octanol–water partition coefficient (Wildman–Crippen LogP) is 1.62. The molecule has 6 heteroatoms. The van der Waals surface area contributed by atoms with E-state index in [-0.39, 0.29) is 6.54 Å². The molecule has 0 bridgehead atoms. The summed E-state index contributed by atoms with van der Waals surface area (Å²) in [7, 11) is 0. The Morgan fingerprint density at radius 1 is 1.29 bits per heavy atom. The quantitative estimate of drug-likeness (QED) is 0.757. The molecule has 0 aromatic carbocycles. The van der Waals surface area contributed by atoms with Crippen molar-refractivity contribution in [3.05, 3.63) is 36.5 Å². The highest BCUT2D eigenvalue weighted by Gasteiger charge is 1.99. The molecule has 2 heterocycles. The number of aromatic nitrogens is 2. The Labute approximate surface area is 98.3 Å². The van der Waals surface area contributed by atoms with Gasteiger partial charge in [0.05, 0.1) is 18.9 Å². The number of anilines is 2. The van der Waals surface area contributed by atoms with Crippen LogP contribution in [0, 0.1) is 11.3 Å². The molecule has 2 rings (SSSR count). The number of hydrogen-bond donors (Lipinski definition) is 2. The Hall–Kier alpha value is -2.55. The number of hydrogen-bond acceptors (Lipinski definition) is 6. The maximum absolute atomic E-state index is 8.44. The SMILES string of the molecule is N#CCNc1cc(NCc2ccco2)ncn1. The molecule has 0 aliphatic heterocycles. The molecule has 0 saturated carbocycles. The Morgan fingerprint density at radius 3 is 2.82 bits per heavy atom. The van der Waals surface area contributed by atoms with E-state index in [1.165, 1.54) is 6.33 Å². The summed E-state index contributed by atoms with van der Waals surface area (Å²) in [5, 5.41) is 14.4. The minimum atomic E-state index is 0.217. The van der Waals surface area contributed by atoms with Crippen molar-refractivity contribution in [3.8, 4) is 6.07 Å². The molecular formula is C11H11N5O. The van der Waals surface area contributed by atoms with Gasteiger partial charge in [-0.3, -0.25) is 0 Å². The molecule has 2 N–H and O–H groups in total. The van der Waals surface area contributed by atoms with Gasteiger partial charge in [-0.1, -0.05) is 0 Å². The monoisotopic (exact) mass is 229 g/mol. The molecule has 0 spiro atoms. The first kappa shape index (κ1) is 11.0. The van der Waals surface area contributed by atoms with Crippen molar-refractivity contribution < 1.29 is 4.42 Å². The van der Waals surface area contributed by atoms with Crippen molar-refractivity contribution in [1.29, 1.82) is 5.26 Å². The minimum Gasteiger partial charge on any atom is -0.467 e. The number of rotatable bonds is 5. The third-order valence-electron chi connectivity index (χ3n) is 2.04. The van der Waals surface area contributed by atoms with Crippen LogP contribution < -0.4 is 10.6 Å². The fraction of sp³-hybridized carbons (Fsp3) is 0.182. The molecular weight excluding hydrogens is 218 g/mol. The molecule has 0 fully saturated rings. The largest absolute Gasteiger partial charge is 0.467 e. The summed E-state index contributed by atoms with van der Waals surface area (Å²) in [5.41, 5.74) is 0. The highest BCUT2D eigenvalue weighted by atomic mass is 16.3. The van der Waals surface area contributed by atoms with Gasteiger partial charge in [-0.2, -0.15) is 5.26 Å². The summed E-state index contributed by atoms with van der Waals surface area (Å²) in [6.07, 6.45) is 3.06. The lowest BCUT2D eigenvalue weighted by atomic mass is 10.4. The standard InChI is InChI=1S/C11H11N5O/c12-3-4-13-10-6-11(16-8-15-10)14-7-9-2-1-5-17-9/h1-2,5-6,8H,4,7H2,(H2,13,14,15,16). The van der Waals surface area contributed by atoms with E-state index < -0.39 is 0 Å². The van der Waals surface area contributed by atoms with Crippen molar-refractivity contribution in [3.63, 3.8) is 0 Å². The first-order valence-corrected chi connectivity index (χ1v) is 5.07. The third kappa shape index (κ3) is 3.21. The van der Waals surface area contributed by atoms with E-state index in [9.17, 15) is 0 Å². The fourth-order valence-corrected chi connectivity index (χ4v) is 1.27. The van der Waals surface area contributed by atoms with Crippen LogP contribution in [0.1, 0.15) is 5.76 Å². The van der Waals surface area contributed by atoms with Crippen LogP contribution in [-0.4, -0.2) is 16.5 Å². The lowest BCUT2D eigenvalue weighted by molar-refractivity contribution is 0.518. The summed E-state index contributed by atoms with van der Waals surface area (Å²) in [6.45, 7) is 0.774. The topological polar surface area (TPSA) is 86.8 Å². The third-order valence-corrected chi connectivity index (χ3v) is 2.04. The van der Waals surface area contributed by atoms with E-state index >= 15 is 0 Å². The minimum absolute atomic E-state index is 0.217. The van der Waals surface area contributed by atoms with Gasteiger partial charge in [0, 0.05) is 6.07 Å². The van der Waals surface area contributed by atoms with Crippen LogP contribution in [0.3, 0.4) is 0 Å². The van der Waals surface area contributed by atoms with Crippen LogP contribution >= 0.6 is 0 Å². The summed E-state index contributed by atoms with van der Waals surface area (Å²) < 4.78 is 5.19. The molecule has 2 aromatic rings. The average molecular weight is 229 g/mol. The lowest BCUT2D eigenvalue weighted by Crippen LogP contribution is -2.04. The van der Waals surface area contributed by atoms with Gasteiger partial charge in [0.2, 0.25) is 0 Å². The molecule has 2 aromatic heterocycles. The van der Waals surface area contributed by atoms with Crippen molar-refractivity contribution in [2.24, 2.45) is 0 Å². The first-order valence-electron chi connectivity index (χ1n) is 5.07. The van der Waals surface area contributed by atoms with Gasteiger partial charge >= 0.3 is 0 Å². The van der Waals surface area contributed by atoms with Crippen LogP contribution in [0.5, 0.6) is 0 Å². The Balaban J connectivity index is 1.94. The Bertz CT molecular complexity index is 503. The maximum atomic E-state index is 8.44. The van der Waals surface area contributed by atoms with Crippen LogP contribution in [0.25, 0.3) is 0 Å². The van der Waals surface area contributed by atoms with E-state index in [4.69, 9.17) is 9.68 Å².